The number of amides is 2. The third kappa shape index (κ3) is 3.72. The average molecular weight is 407 g/mol. The van der Waals surface area contributed by atoms with Gasteiger partial charge in [-0.2, -0.15) is 0 Å². The molecule has 1 atom stereocenters. The number of fused-ring (bicyclic) bond motifs is 1. The average Bonchev–Trinajstić information content (AvgIpc) is 3.37. The van der Waals surface area contributed by atoms with Crippen molar-refractivity contribution in [2.45, 2.75) is 45.8 Å². The van der Waals surface area contributed by atoms with Crippen molar-refractivity contribution in [1.82, 2.24) is 24.8 Å². The molecule has 0 saturated heterocycles. The lowest BCUT2D eigenvalue weighted by Crippen LogP contribution is -2.48. The maximum Gasteiger partial charge on any atom is 0.256 e. The van der Waals surface area contributed by atoms with Gasteiger partial charge in [0.05, 0.1) is 29.8 Å². The van der Waals surface area contributed by atoms with E-state index in [9.17, 15) is 9.59 Å². The van der Waals surface area contributed by atoms with Crippen LogP contribution in [0.5, 0.6) is 0 Å². The Morgan fingerprint density at radius 1 is 1.30 bits per heavy atom. The molecule has 4 heterocycles. The van der Waals surface area contributed by atoms with Crippen LogP contribution in [0.4, 0.5) is 0 Å². The molecule has 30 heavy (non-hydrogen) atoms. The zero-order valence-corrected chi connectivity index (χ0v) is 17.3. The van der Waals surface area contributed by atoms with Crippen LogP contribution in [-0.2, 0) is 17.8 Å². The molecule has 156 valence electrons. The second kappa shape index (κ2) is 8.14. The van der Waals surface area contributed by atoms with Gasteiger partial charge in [0.2, 0.25) is 5.91 Å². The molecule has 1 unspecified atom stereocenters. The van der Waals surface area contributed by atoms with Crippen LogP contribution in [0.15, 0.2) is 47.4 Å². The lowest BCUT2D eigenvalue weighted by molar-refractivity contribution is -0.126. The fraction of sp³-hybridized carbons (Fsp3) is 0.364. The second-order valence-corrected chi connectivity index (χ2v) is 7.70. The first-order valence-corrected chi connectivity index (χ1v) is 10.1. The highest BCUT2D eigenvalue weighted by atomic mass is 16.3. The molecule has 1 N–H and O–H groups in total. The molecule has 0 aliphatic carbocycles. The molecule has 0 bridgehead atoms. The standard InChI is InChI=1S/C22H25N5O3/c1-14(2)27-13-25-18-8-10-26(22(29)16-5-4-9-23-11-16)20(19(18)27)21(28)24-12-17-7-6-15(3)30-17/h4-7,9,11,13-14,20H,8,10,12H2,1-3H3,(H,24,28). The predicted molar refractivity (Wildman–Crippen MR) is 110 cm³/mol. The number of carbonyl (C=O) groups excluding carboxylic acids is 2. The molecule has 0 spiro atoms. The van der Waals surface area contributed by atoms with Crippen molar-refractivity contribution in [3.05, 3.63) is 71.5 Å². The van der Waals surface area contributed by atoms with E-state index in [4.69, 9.17) is 4.42 Å². The summed E-state index contributed by atoms with van der Waals surface area (Å²) in [6.07, 6.45) is 5.50. The zero-order valence-electron chi connectivity index (χ0n) is 17.3. The summed E-state index contributed by atoms with van der Waals surface area (Å²) in [5.41, 5.74) is 2.07. The first-order chi connectivity index (χ1) is 14.5. The van der Waals surface area contributed by atoms with Gasteiger partial charge in [0.15, 0.2) is 6.04 Å². The van der Waals surface area contributed by atoms with Gasteiger partial charge in [-0.25, -0.2) is 4.98 Å². The Morgan fingerprint density at radius 2 is 2.13 bits per heavy atom. The number of pyridine rings is 1. The number of hydrogen-bond acceptors (Lipinski definition) is 5. The van der Waals surface area contributed by atoms with Crippen LogP contribution in [0.3, 0.4) is 0 Å². The van der Waals surface area contributed by atoms with Crippen molar-refractivity contribution in [1.29, 1.82) is 0 Å². The number of carbonyl (C=O) groups is 2. The lowest BCUT2D eigenvalue weighted by atomic mass is 9.99. The fourth-order valence-electron chi connectivity index (χ4n) is 3.81. The van der Waals surface area contributed by atoms with Crippen LogP contribution in [-0.4, -0.2) is 37.8 Å². The predicted octanol–water partition coefficient (Wildman–Crippen LogP) is 2.82. The van der Waals surface area contributed by atoms with Crippen molar-refractivity contribution in [3.8, 4) is 0 Å². The molecular formula is C22H25N5O3. The molecule has 3 aromatic rings. The van der Waals surface area contributed by atoms with Gasteiger partial charge in [-0.05, 0) is 45.0 Å². The highest BCUT2D eigenvalue weighted by molar-refractivity contribution is 5.98. The molecule has 0 aromatic carbocycles. The number of nitrogens with zero attached hydrogens (tertiary/aromatic N) is 4. The van der Waals surface area contributed by atoms with E-state index in [1.165, 1.54) is 6.20 Å². The first-order valence-electron chi connectivity index (χ1n) is 10.1. The number of aryl methyl sites for hydroxylation is 1. The summed E-state index contributed by atoms with van der Waals surface area (Å²) in [5, 5.41) is 2.93. The van der Waals surface area contributed by atoms with Crippen LogP contribution in [0.2, 0.25) is 0 Å². The number of nitrogens with one attached hydrogen (secondary N) is 1. The highest BCUT2D eigenvalue weighted by Gasteiger charge is 2.39. The minimum atomic E-state index is -0.776. The highest BCUT2D eigenvalue weighted by Crippen LogP contribution is 2.32. The summed E-state index contributed by atoms with van der Waals surface area (Å²) in [4.78, 5) is 36.8. The molecule has 1 aliphatic heterocycles. The summed E-state index contributed by atoms with van der Waals surface area (Å²) < 4.78 is 7.53. The van der Waals surface area contributed by atoms with Gasteiger partial charge in [-0.3, -0.25) is 14.6 Å². The molecule has 0 fully saturated rings. The molecule has 2 amide bonds. The van der Waals surface area contributed by atoms with Gasteiger partial charge in [-0.15, -0.1) is 0 Å². The van der Waals surface area contributed by atoms with Crippen LogP contribution in [0.1, 0.15) is 59.2 Å². The Morgan fingerprint density at radius 3 is 2.80 bits per heavy atom. The maximum atomic E-state index is 13.4. The summed E-state index contributed by atoms with van der Waals surface area (Å²) in [5.74, 6) is 0.966. The van der Waals surface area contributed by atoms with E-state index in [0.29, 0.717) is 24.3 Å². The van der Waals surface area contributed by atoms with Crippen molar-refractivity contribution in [2.24, 2.45) is 0 Å². The minimum Gasteiger partial charge on any atom is -0.465 e. The second-order valence-electron chi connectivity index (χ2n) is 7.70. The third-order valence-corrected chi connectivity index (χ3v) is 5.28. The third-order valence-electron chi connectivity index (χ3n) is 5.28. The van der Waals surface area contributed by atoms with Crippen molar-refractivity contribution < 1.29 is 14.0 Å². The van der Waals surface area contributed by atoms with E-state index in [1.54, 1.807) is 29.6 Å². The molecule has 0 radical (unpaired) electrons. The van der Waals surface area contributed by atoms with Gasteiger partial charge in [-0.1, -0.05) is 0 Å². The number of hydrogen-bond donors (Lipinski definition) is 1. The van der Waals surface area contributed by atoms with E-state index in [2.05, 4.69) is 15.3 Å². The maximum absolute atomic E-state index is 13.4. The normalized spacial score (nSPS) is 15.9. The summed E-state index contributed by atoms with van der Waals surface area (Å²) in [7, 11) is 0. The monoisotopic (exact) mass is 407 g/mol. The lowest BCUT2D eigenvalue weighted by Gasteiger charge is -2.35. The van der Waals surface area contributed by atoms with E-state index in [-0.39, 0.29) is 24.4 Å². The Kier molecular flexibility index (Phi) is 5.39. The SMILES string of the molecule is Cc1ccc(CNC(=O)C2c3c(ncn3C(C)C)CCN2C(=O)c2cccnc2)o1. The number of imidazole rings is 1. The number of furan rings is 1. The fourth-order valence-corrected chi connectivity index (χ4v) is 3.81. The number of aromatic nitrogens is 3. The van der Waals surface area contributed by atoms with Gasteiger partial charge in [0.1, 0.15) is 11.5 Å². The summed E-state index contributed by atoms with van der Waals surface area (Å²) in [6.45, 7) is 6.58. The topological polar surface area (TPSA) is 93.3 Å². The van der Waals surface area contributed by atoms with Crippen molar-refractivity contribution in [3.63, 3.8) is 0 Å². The van der Waals surface area contributed by atoms with Gasteiger partial charge >= 0.3 is 0 Å². The van der Waals surface area contributed by atoms with Crippen LogP contribution in [0.25, 0.3) is 0 Å². The van der Waals surface area contributed by atoms with Crippen LogP contribution in [0, 0.1) is 6.92 Å². The Hall–Kier alpha value is -3.42. The zero-order chi connectivity index (χ0) is 21.3. The van der Waals surface area contributed by atoms with Crippen molar-refractivity contribution >= 4 is 11.8 Å². The van der Waals surface area contributed by atoms with Gasteiger partial charge in [0.25, 0.3) is 5.91 Å². The quantitative estimate of drug-likeness (QED) is 0.702. The van der Waals surface area contributed by atoms with Gasteiger partial charge in [0, 0.05) is 31.4 Å². The Bertz CT molecular complexity index is 1050. The van der Waals surface area contributed by atoms with E-state index in [0.717, 1.165) is 17.1 Å². The summed E-state index contributed by atoms with van der Waals surface area (Å²) in [6, 6.07) is 6.45. The smallest absolute Gasteiger partial charge is 0.256 e. The molecule has 4 rings (SSSR count). The minimum absolute atomic E-state index is 0.109. The Labute approximate surface area is 174 Å². The molecule has 0 saturated carbocycles. The summed E-state index contributed by atoms with van der Waals surface area (Å²) >= 11 is 0. The molecule has 8 nitrogen and oxygen atoms in total. The van der Waals surface area contributed by atoms with E-state index >= 15 is 0 Å². The first kappa shape index (κ1) is 19.9. The largest absolute Gasteiger partial charge is 0.465 e. The van der Waals surface area contributed by atoms with Gasteiger partial charge < -0.3 is 19.2 Å². The molecular weight excluding hydrogens is 382 g/mol. The van der Waals surface area contributed by atoms with Crippen LogP contribution >= 0.6 is 0 Å². The number of rotatable bonds is 5. The molecule has 1 aliphatic rings. The van der Waals surface area contributed by atoms with Crippen molar-refractivity contribution in [2.75, 3.05) is 6.54 Å². The molecule has 8 heteroatoms. The van der Waals surface area contributed by atoms with Crippen LogP contribution < -0.4 is 5.32 Å². The van der Waals surface area contributed by atoms with E-state index in [1.807, 2.05) is 37.5 Å². The van der Waals surface area contributed by atoms with E-state index < -0.39 is 6.04 Å². The molecule has 3 aromatic heterocycles. The Balaban J connectivity index is 1.68.